The van der Waals surface area contributed by atoms with Crippen LogP contribution in [0.25, 0.3) is 0 Å². The average molecular weight is 266 g/mol. The van der Waals surface area contributed by atoms with Gasteiger partial charge in [0, 0.05) is 19.0 Å². The molecule has 19 heavy (non-hydrogen) atoms. The first-order valence-corrected chi connectivity index (χ1v) is 7.81. The molecule has 0 saturated heterocycles. The van der Waals surface area contributed by atoms with Gasteiger partial charge in [0.05, 0.1) is 0 Å². The number of hydrogen-bond donors (Lipinski definition) is 1. The standard InChI is InChI=1S/C16H30N2O/c1-3-4-5-6-9-13-18(2)14-12-17-16(19)15-10-7-8-11-15/h3,15H,1,4-14H2,2H3,(H,17,19). The number of hydrogen-bond acceptors (Lipinski definition) is 2. The Morgan fingerprint density at radius 2 is 2.00 bits per heavy atom. The summed E-state index contributed by atoms with van der Waals surface area (Å²) in [7, 11) is 2.13. The van der Waals surface area contributed by atoms with Crippen LogP contribution >= 0.6 is 0 Å². The highest BCUT2D eigenvalue weighted by molar-refractivity contribution is 5.78. The molecule has 0 heterocycles. The van der Waals surface area contributed by atoms with Crippen molar-refractivity contribution in [1.29, 1.82) is 0 Å². The monoisotopic (exact) mass is 266 g/mol. The van der Waals surface area contributed by atoms with E-state index in [0.29, 0.717) is 5.92 Å². The van der Waals surface area contributed by atoms with E-state index in [0.717, 1.165) is 38.9 Å². The van der Waals surface area contributed by atoms with Crippen LogP contribution in [-0.4, -0.2) is 37.5 Å². The van der Waals surface area contributed by atoms with Crippen molar-refractivity contribution in [1.82, 2.24) is 10.2 Å². The molecule has 0 unspecified atom stereocenters. The van der Waals surface area contributed by atoms with Crippen LogP contribution in [0.15, 0.2) is 12.7 Å². The molecule has 0 aromatic heterocycles. The Morgan fingerprint density at radius 3 is 2.68 bits per heavy atom. The van der Waals surface area contributed by atoms with Crippen molar-refractivity contribution in [3.8, 4) is 0 Å². The Morgan fingerprint density at radius 1 is 1.26 bits per heavy atom. The van der Waals surface area contributed by atoms with Gasteiger partial charge in [-0.3, -0.25) is 4.79 Å². The fraction of sp³-hybridized carbons (Fsp3) is 0.812. The maximum Gasteiger partial charge on any atom is 0.223 e. The molecule has 110 valence electrons. The van der Waals surface area contributed by atoms with Gasteiger partial charge in [0.25, 0.3) is 0 Å². The third-order valence-corrected chi connectivity index (χ3v) is 3.97. The zero-order valence-corrected chi connectivity index (χ0v) is 12.5. The van der Waals surface area contributed by atoms with Gasteiger partial charge in [-0.2, -0.15) is 0 Å². The van der Waals surface area contributed by atoms with Crippen molar-refractivity contribution in [3.05, 3.63) is 12.7 Å². The molecule has 0 aromatic carbocycles. The molecule has 1 fully saturated rings. The number of likely N-dealkylation sites (N-methyl/N-ethyl adjacent to an activating group) is 1. The van der Waals surface area contributed by atoms with Crippen molar-refractivity contribution >= 4 is 5.91 Å². The summed E-state index contributed by atoms with van der Waals surface area (Å²) in [4.78, 5) is 14.1. The van der Waals surface area contributed by atoms with Gasteiger partial charge in [0.15, 0.2) is 0 Å². The number of rotatable bonds is 10. The van der Waals surface area contributed by atoms with E-state index in [9.17, 15) is 4.79 Å². The molecule has 3 nitrogen and oxygen atoms in total. The Balaban J connectivity index is 1.95. The summed E-state index contributed by atoms with van der Waals surface area (Å²) < 4.78 is 0. The molecule has 1 aliphatic rings. The SMILES string of the molecule is C=CCCCCCN(C)CCNC(=O)C1CCCC1. The van der Waals surface area contributed by atoms with Gasteiger partial charge >= 0.3 is 0 Å². The third kappa shape index (κ3) is 7.36. The van der Waals surface area contributed by atoms with Crippen LogP contribution in [0.4, 0.5) is 0 Å². The second-order valence-electron chi connectivity index (χ2n) is 5.71. The Bertz CT molecular complexity index is 259. The molecule has 0 radical (unpaired) electrons. The van der Waals surface area contributed by atoms with E-state index >= 15 is 0 Å². The molecule has 0 spiro atoms. The quantitative estimate of drug-likeness (QED) is 0.487. The minimum absolute atomic E-state index is 0.275. The van der Waals surface area contributed by atoms with Crippen LogP contribution in [0.5, 0.6) is 0 Å². The molecule has 3 heteroatoms. The van der Waals surface area contributed by atoms with Crippen LogP contribution in [-0.2, 0) is 4.79 Å². The van der Waals surface area contributed by atoms with Crippen LogP contribution in [0.1, 0.15) is 51.4 Å². The molecule has 1 rings (SSSR count). The second kappa shape index (κ2) is 10.0. The lowest BCUT2D eigenvalue weighted by Gasteiger charge is -2.17. The number of carbonyl (C=O) groups is 1. The number of carbonyl (C=O) groups excluding carboxylic acids is 1. The maximum absolute atomic E-state index is 11.8. The van der Waals surface area contributed by atoms with E-state index in [1.165, 1.54) is 32.1 Å². The highest BCUT2D eigenvalue weighted by Gasteiger charge is 2.21. The van der Waals surface area contributed by atoms with Gasteiger partial charge in [-0.05, 0) is 45.7 Å². The third-order valence-electron chi connectivity index (χ3n) is 3.97. The molecule has 1 N–H and O–H groups in total. The summed E-state index contributed by atoms with van der Waals surface area (Å²) in [6.07, 6.45) is 11.5. The van der Waals surface area contributed by atoms with Crippen molar-refractivity contribution in [2.75, 3.05) is 26.7 Å². The molecular weight excluding hydrogens is 236 g/mol. The molecule has 0 aromatic rings. The number of allylic oxidation sites excluding steroid dienone is 1. The van der Waals surface area contributed by atoms with Crippen molar-refractivity contribution in [2.45, 2.75) is 51.4 Å². The van der Waals surface area contributed by atoms with Gasteiger partial charge < -0.3 is 10.2 Å². The smallest absolute Gasteiger partial charge is 0.223 e. The Hall–Kier alpha value is -0.830. The Labute approximate surface area is 118 Å². The summed E-state index contributed by atoms with van der Waals surface area (Å²) in [6.45, 7) is 6.60. The zero-order chi connectivity index (χ0) is 13.9. The van der Waals surface area contributed by atoms with Gasteiger partial charge in [-0.15, -0.1) is 6.58 Å². The van der Waals surface area contributed by atoms with Crippen LogP contribution in [0, 0.1) is 5.92 Å². The average Bonchev–Trinajstić information content (AvgIpc) is 2.92. The lowest BCUT2D eigenvalue weighted by Crippen LogP contribution is -2.36. The summed E-state index contributed by atoms with van der Waals surface area (Å²) in [5, 5.41) is 3.07. The largest absolute Gasteiger partial charge is 0.355 e. The number of amides is 1. The first kappa shape index (κ1) is 16.2. The highest BCUT2D eigenvalue weighted by Crippen LogP contribution is 2.24. The lowest BCUT2D eigenvalue weighted by atomic mass is 10.1. The van der Waals surface area contributed by atoms with Gasteiger partial charge in [-0.1, -0.05) is 25.3 Å². The summed E-state index contributed by atoms with van der Waals surface area (Å²) in [6, 6.07) is 0. The molecule has 0 bridgehead atoms. The van der Waals surface area contributed by atoms with Gasteiger partial charge in [0.1, 0.15) is 0 Å². The minimum atomic E-state index is 0.275. The zero-order valence-electron chi connectivity index (χ0n) is 12.5. The van der Waals surface area contributed by atoms with E-state index in [4.69, 9.17) is 0 Å². The summed E-state index contributed by atoms with van der Waals surface area (Å²) in [5.74, 6) is 0.570. The van der Waals surface area contributed by atoms with Crippen LogP contribution in [0.2, 0.25) is 0 Å². The molecular formula is C16H30N2O. The maximum atomic E-state index is 11.8. The predicted octanol–water partition coefficient (Wildman–Crippen LogP) is 2.97. The summed E-state index contributed by atoms with van der Waals surface area (Å²) >= 11 is 0. The molecule has 1 aliphatic carbocycles. The minimum Gasteiger partial charge on any atom is -0.355 e. The van der Waals surface area contributed by atoms with E-state index in [1.54, 1.807) is 0 Å². The number of nitrogens with zero attached hydrogens (tertiary/aromatic N) is 1. The van der Waals surface area contributed by atoms with E-state index in [1.807, 2.05) is 6.08 Å². The second-order valence-corrected chi connectivity index (χ2v) is 5.71. The number of unbranched alkanes of at least 4 members (excludes halogenated alkanes) is 3. The topological polar surface area (TPSA) is 32.3 Å². The van der Waals surface area contributed by atoms with Crippen molar-refractivity contribution < 1.29 is 4.79 Å². The van der Waals surface area contributed by atoms with Crippen LogP contribution in [0.3, 0.4) is 0 Å². The molecule has 0 atom stereocenters. The number of nitrogens with one attached hydrogen (secondary N) is 1. The van der Waals surface area contributed by atoms with Crippen molar-refractivity contribution in [2.24, 2.45) is 5.92 Å². The van der Waals surface area contributed by atoms with E-state index < -0.39 is 0 Å². The van der Waals surface area contributed by atoms with Crippen LogP contribution < -0.4 is 5.32 Å². The molecule has 0 aliphatic heterocycles. The lowest BCUT2D eigenvalue weighted by molar-refractivity contribution is -0.124. The predicted molar refractivity (Wildman–Crippen MR) is 81.1 cm³/mol. The fourth-order valence-corrected chi connectivity index (χ4v) is 2.66. The van der Waals surface area contributed by atoms with Gasteiger partial charge in [0.2, 0.25) is 5.91 Å². The molecule has 1 amide bonds. The van der Waals surface area contributed by atoms with E-state index in [2.05, 4.69) is 23.8 Å². The Kier molecular flexibility index (Phi) is 8.55. The highest BCUT2D eigenvalue weighted by atomic mass is 16.1. The van der Waals surface area contributed by atoms with Gasteiger partial charge in [-0.25, -0.2) is 0 Å². The summed E-state index contributed by atoms with van der Waals surface area (Å²) in [5.41, 5.74) is 0. The van der Waals surface area contributed by atoms with Crippen molar-refractivity contribution in [3.63, 3.8) is 0 Å². The first-order valence-electron chi connectivity index (χ1n) is 7.81. The normalized spacial score (nSPS) is 15.9. The first-order chi connectivity index (χ1) is 9.24. The molecule has 1 saturated carbocycles. The fourth-order valence-electron chi connectivity index (χ4n) is 2.66. The van der Waals surface area contributed by atoms with E-state index in [-0.39, 0.29) is 5.91 Å².